The summed E-state index contributed by atoms with van der Waals surface area (Å²) < 4.78 is 0. The fraction of sp³-hybridized carbons (Fsp3) is 0.444. The Bertz CT molecular complexity index is 152. The van der Waals surface area contributed by atoms with Crippen LogP contribution in [0.2, 0.25) is 0 Å². The van der Waals surface area contributed by atoms with Crippen molar-refractivity contribution in [2.24, 2.45) is 4.99 Å². The Balaban J connectivity index is 4.04. The van der Waals surface area contributed by atoms with Gasteiger partial charge in [-0.3, -0.25) is 4.99 Å². The van der Waals surface area contributed by atoms with E-state index in [9.17, 15) is 0 Å². The molecule has 0 radical (unpaired) electrons. The van der Waals surface area contributed by atoms with Gasteiger partial charge in [-0.1, -0.05) is 19.1 Å². The highest BCUT2D eigenvalue weighted by atomic mass is 14.7. The third kappa shape index (κ3) is 4.07. The first kappa shape index (κ1) is 9.15. The Morgan fingerprint density at radius 3 is 2.50 bits per heavy atom. The normalized spacial score (nSPS) is 13.7. The molecule has 0 atom stereocenters. The summed E-state index contributed by atoms with van der Waals surface area (Å²) in [4.78, 5) is 4.02. The molecule has 0 bridgehead atoms. The number of allylic oxidation sites excluding steroid dienone is 3. The lowest BCUT2D eigenvalue weighted by Gasteiger charge is -1.90. The number of hydrogen-bond donors (Lipinski definition) is 0. The molecule has 0 aliphatic carbocycles. The van der Waals surface area contributed by atoms with Crippen molar-refractivity contribution < 1.29 is 0 Å². The molecule has 0 aliphatic heterocycles. The first-order chi connectivity index (χ1) is 4.85. The van der Waals surface area contributed by atoms with Gasteiger partial charge in [-0.25, -0.2) is 0 Å². The minimum absolute atomic E-state index is 1.04. The molecule has 1 heteroatoms. The van der Waals surface area contributed by atoms with Crippen molar-refractivity contribution >= 4 is 6.21 Å². The second-order valence-corrected chi connectivity index (χ2v) is 1.96. The van der Waals surface area contributed by atoms with Crippen LogP contribution < -0.4 is 0 Å². The van der Waals surface area contributed by atoms with E-state index in [0.29, 0.717) is 0 Å². The number of hydrogen-bond acceptors (Lipinski definition) is 1. The quantitative estimate of drug-likeness (QED) is 0.419. The van der Waals surface area contributed by atoms with Crippen molar-refractivity contribution in [1.82, 2.24) is 0 Å². The molecule has 0 saturated heterocycles. The third-order valence-corrected chi connectivity index (χ3v) is 1.18. The van der Waals surface area contributed by atoms with Crippen LogP contribution in [0.4, 0.5) is 0 Å². The fourth-order valence-corrected chi connectivity index (χ4v) is 0.637. The van der Waals surface area contributed by atoms with Gasteiger partial charge in [0.25, 0.3) is 0 Å². The van der Waals surface area contributed by atoms with Gasteiger partial charge in [0, 0.05) is 12.4 Å². The van der Waals surface area contributed by atoms with Gasteiger partial charge in [0.15, 0.2) is 0 Å². The van der Waals surface area contributed by atoms with Gasteiger partial charge in [-0.15, -0.1) is 0 Å². The van der Waals surface area contributed by atoms with E-state index in [2.05, 4.69) is 18.0 Å². The summed E-state index contributed by atoms with van der Waals surface area (Å²) in [7, 11) is 0. The zero-order valence-electron chi connectivity index (χ0n) is 6.96. The molecule has 0 heterocycles. The van der Waals surface area contributed by atoms with Gasteiger partial charge in [0.05, 0.1) is 0 Å². The maximum Gasteiger partial charge on any atom is 0.0295 e. The van der Waals surface area contributed by atoms with Crippen LogP contribution in [0.3, 0.4) is 0 Å². The van der Waals surface area contributed by atoms with E-state index in [1.54, 1.807) is 6.21 Å². The van der Waals surface area contributed by atoms with Crippen molar-refractivity contribution in [1.29, 1.82) is 0 Å². The molecule has 0 aromatic heterocycles. The third-order valence-electron chi connectivity index (χ3n) is 1.18. The summed E-state index contributed by atoms with van der Waals surface area (Å²) in [6, 6.07) is 0. The van der Waals surface area contributed by atoms with Crippen LogP contribution in [0.1, 0.15) is 27.2 Å². The smallest absolute Gasteiger partial charge is 0.0295 e. The van der Waals surface area contributed by atoms with Gasteiger partial charge in [-0.2, -0.15) is 0 Å². The predicted octanol–water partition coefficient (Wildman–Crippen LogP) is 2.95. The Labute approximate surface area is 63.2 Å². The average Bonchev–Trinajstić information content (AvgIpc) is 1.98. The number of nitrogens with zero attached hydrogens (tertiary/aromatic N) is 1. The molecule has 0 unspecified atom stereocenters. The molecule has 0 aromatic carbocycles. The largest absolute Gasteiger partial charge is 0.269 e. The first-order valence-corrected chi connectivity index (χ1v) is 3.64. The monoisotopic (exact) mass is 137 g/mol. The average molecular weight is 137 g/mol. The van der Waals surface area contributed by atoms with E-state index >= 15 is 0 Å². The van der Waals surface area contributed by atoms with E-state index in [0.717, 1.165) is 6.42 Å². The molecular weight excluding hydrogens is 122 g/mol. The molecule has 0 rings (SSSR count). The molecule has 0 fully saturated rings. The Hall–Kier alpha value is -0.850. The second kappa shape index (κ2) is 6.27. The highest BCUT2D eigenvalue weighted by molar-refractivity contribution is 5.54. The Morgan fingerprint density at radius 1 is 1.40 bits per heavy atom. The molecule has 1 nitrogen and oxygen atoms in total. The second-order valence-electron chi connectivity index (χ2n) is 1.96. The van der Waals surface area contributed by atoms with Crippen molar-refractivity contribution in [3.05, 3.63) is 23.9 Å². The highest BCUT2D eigenvalue weighted by Gasteiger charge is 1.82. The van der Waals surface area contributed by atoms with E-state index in [4.69, 9.17) is 0 Å². The van der Waals surface area contributed by atoms with E-state index in [1.165, 1.54) is 5.57 Å². The molecule has 0 spiro atoms. The maximum atomic E-state index is 4.02. The first-order valence-electron chi connectivity index (χ1n) is 3.64. The molecule has 0 saturated carbocycles. The molecule has 0 amide bonds. The maximum absolute atomic E-state index is 4.02. The summed E-state index contributed by atoms with van der Waals surface area (Å²) in [6.07, 6.45) is 8.83. The van der Waals surface area contributed by atoms with Gasteiger partial charge < -0.3 is 0 Å². The van der Waals surface area contributed by atoms with Crippen molar-refractivity contribution in [3.63, 3.8) is 0 Å². The summed E-state index contributed by atoms with van der Waals surface area (Å²) in [5.41, 5.74) is 1.26. The molecule has 10 heavy (non-hydrogen) atoms. The molecule has 0 aliphatic rings. The Kier molecular flexibility index (Phi) is 5.74. The summed E-state index contributed by atoms with van der Waals surface area (Å²) in [5.74, 6) is 0. The van der Waals surface area contributed by atoms with Crippen molar-refractivity contribution in [2.75, 3.05) is 0 Å². The van der Waals surface area contributed by atoms with Crippen LogP contribution in [-0.2, 0) is 0 Å². The molecule has 56 valence electrons. The molecule has 0 aromatic rings. The van der Waals surface area contributed by atoms with E-state index in [-0.39, 0.29) is 0 Å². The number of rotatable bonds is 3. The van der Waals surface area contributed by atoms with Gasteiger partial charge in [0.1, 0.15) is 0 Å². The van der Waals surface area contributed by atoms with Crippen LogP contribution in [0.5, 0.6) is 0 Å². The SMILES string of the molecule is CC=N/C=C(\C=C/C)CC. The summed E-state index contributed by atoms with van der Waals surface area (Å²) in [5, 5.41) is 0. The minimum atomic E-state index is 1.04. The van der Waals surface area contributed by atoms with Crippen molar-refractivity contribution in [3.8, 4) is 0 Å². The summed E-state index contributed by atoms with van der Waals surface area (Å²) >= 11 is 0. The van der Waals surface area contributed by atoms with Crippen LogP contribution in [0.25, 0.3) is 0 Å². The predicted molar refractivity (Wildman–Crippen MR) is 47.4 cm³/mol. The lowest BCUT2D eigenvalue weighted by molar-refractivity contribution is 1.13. The highest BCUT2D eigenvalue weighted by Crippen LogP contribution is 2.01. The standard InChI is InChI=1S/C9H15N/c1-4-7-9(5-2)8-10-6-3/h4,6-8H,5H2,1-3H3/b7-4-,9-8-,10-6?. The molecule has 0 N–H and O–H groups in total. The van der Waals surface area contributed by atoms with E-state index < -0.39 is 0 Å². The summed E-state index contributed by atoms with van der Waals surface area (Å²) in [6.45, 7) is 6.05. The number of aliphatic imine (C=N–C) groups is 1. The Morgan fingerprint density at radius 2 is 2.10 bits per heavy atom. The zero-order chi connectivity index (χ0) is 7.82. The fourth-order valence-electron chi connectivity index (χ4n) is 0.637. The van der Waals surface area contributed by atoms with E-state index in [1.807, 2.05) is 26.1 Å². The van der Waals surface area contributed by atoms with Gasteiger partial charge >= 0.3 is 0 Å². The lowest BCUT2D eigenvalue weighted by atomic mass is 10.2. The van der Waals surface area contributed by atoms with Crippen LogP contribution in [-0.4, -0.2) is 6.21 Å². The van der Waals surface area contributed by atoms with Gasteiger partial charge in [0.2, 0.25) is 0 Å². The van der Waals surface area contributed by atoms with Crippen molar-refractivity contribution in [2.45, 2.75) is 27.2 Å². The molecular formula is C9H15N. The van der Waals surface area contributed by atoms with Crippen LogP contribution >= 0.6 is 0 Å². The van der Waals surface area contributed by atoms with Crippen LogP contribution in [0.15, 0.2) is 28.9 Å². The zero-order valence-corrected chi connectivity index (χ0v) is 6.96. The van der Waals surface area contributed by atoms with Gasteiger partial charge in [-0.05, 0) is 25.8 Å². The minimum Gasteiger partial charge on any atom is -0.269 e. The lowest BCUT2D eigenvalue weighted by Crippen LogP contribution is -1.71. The van der Waals surface area contributed by atoms with Crippen LogP contribution in [0, 0.1) is 0 Å². The topological polar surface area (TPSA) is 12.4 Å².